The average Bonchev–Trinajstić information content (AvgIpc) is 2.48. The molecule has 0 bridgehead atoms. The van der Waals surface area contributed by atoms with Crippen molar-refractivity contribution >= 4 is 11.5 Å². The molecule has 1 spiro atoms. The molecule has 0 saturated heterocycles. The van der Waals surface area contributed by atoms with E-state index in [0.29, 0.717) is 18.0 Å². The summed E-state index contributed by atoms with van der Waals surface area (Å²) in [6.45, 7) is 0. The zero-order valence-electron chi connectivity index (χ0n) is 11.2. The van der Waals surface area contributed by atoms with Gasteiger partial charge in [-0.3, -0.25) is 14.9 Å². The van der Waals surface area contributed by atoms with Crippen molar-refractivity contribution in [3.63, 3.8) is 0 Å². The molecule has 0 aliphatic heterocycles. The van der Waals surface area contributed by atoms with Crippen LogP contribution in [0, 0.1) is 15.5 Å². The lowest BCUT2D eigenvalue weighted by Crippen LogP contribution is -2.57. The number of hydrogen-bond donors (Lipinski definition) is 0. The van der Waals surface area contributed by atoms with E-state index in [1.807, 2.05) is 0 Å². The van der Waals surface area contributed by atoms with Crippen LogP contribution in [0.2, 0.25) is 0 Å². The average molecular weight is 275 g/mol. The number of nitro benzene ring substituents is 1. The minimum atomic E-state index is -0.435. The van der Waals surface area contributed by atoms with Crippen molar-refractivity contribution in [1.29, 1.82) is 0 Å². The number of benzene rings is 1. The molecule has 2 saturated carbocycles. The number of hydrogen-bond acceptors (Lipinski definition) is 4. The van der Waals surface area contributed by atoms with E-state index in [1.54, 1.807) is 12.1 Å². The third kappa shape index (κ3) is 2.07. The number of carbonyl (C=O) groups excluding carboxylic acids is 1. The highest BCUT2D eigenvalue weighted by molar-refractivity contribution is 5.92. The number of non-ortho nitro benzene ring substituents is 1. The molecule has 0 aromatic heterocycles. The fourth-order valence-electron chi connectivity index (χ4n) is 3.39. The molecule has 1 unspecified atom stereocenters. The van der Waals surface area contributed by atoms with Gasteiger partial charge in [0.05, 0.1) is 16.4 Å². The molecule has 2 aliphatic rings. The summed E-state index contributed by atoms with van der Waals surface area (Å²) in [5.41, 5.74) is -0.297. The highest BCUT2D eigenvalue weighted by Gasteiger charge is 2.56. The largest absolute Gasteiger partial charge is 0.489 e. The van der Waals surface area contributed by atoms with Gasteiger partial charge in [0.1, 0.15) is 17.6 Å². The number of carbonyl (C=O) groups is 1. The molecule has 5 heteroatoms. The molecular weight excluding hydrogens is 258 g/mol. The van der Waals surface area contributed by atoms with Gasteiger partial charge in [-0.1, -0.05) is 25.3 Å². The van der Waals surface area contributed by atoms with Crippen LogP contribution in [-0.2, 0) is 4.79 Å². The minimum Gasteiger partial charge on any atom is -0.489 e. The third-order valence-electron chi connectivity index (χ3n) is 4.60. The first kappa shape index (κ1) is 13.1. The topological polar surface area (TPSA) is 69.4 Å². The zero-order chi connectivity index (χ0) is 14.2. The first-order valence-electron chi connectivity index (χ1n) is 7.06. The molecule has 0 radical (unpaired) electrons. The predicted molar refractivity (Wildman–Crippen MR) is 72.7 cm³/mol. The molecule has 3 rings (SSSR count). The van der Waals surface area contributed by atoms with Crippen LogP contribution in [0.4, 0.5) is 5.69 Å². The van der Waals surface area contributed by atoms with Gasteiger partial charge in [0, 0.05) is 12.5 Å². The number of ether oxygens (including phenoxy) is 1. The Morgan fingerprint density at radius 3 is 2.65 bits per heavy atom. The maximum Gasteiger partial charge on any atom is 0.273 e. The SMILES string of the molecule is O=C1CC(Oc2cccc([N+](=O)[O-])c2)C12CCCCC2. The van der Waals surface area contributed by atoms with Crippen LogP contribution in [-0.4, -0.2) is 16.8 Å². The Morgan fingerprint density at radius 2 is 2.00 bits per heavy atom. The molecule has 106 valence electrons. The monoisotopic (exact) mass is 275 g/mol. The Kier molecular flexibility index (Phi) is 3.20. The molecule has 2 fully saturated rings. The molecule has 1 aromatic rings. The van der Waals surface area contributed by atoms with Crippen molar-refractivity contribution in [3.8, 4) is 5.75 Å². The Balaban J connectivity index is 1.76. The van der Waals surface area contributed by atoms with Gasteiger partial charge in [-0.2, -0.15) is 0 Å². The van der Waals surface area contributed by atoms with E-state index in [0.717, 1.165) is 25.7 Å². The Labute approximate surface area is 117 Å². The van der Waals surface area contributed by atoms with Crippen LogP contribution in [0.5, 0.6) is 5.75 Å². The second kappa shape index (κ2) is 4.89. The molecule has 0 amide bonds. The van der Waals surface area contributed by atoms with Gasteiger partial charge in [0.25, 0.3) is 5.69 Å². The van der Waals surface area contributed by atoms with Gasteiger partial charge in [0.2, 0.25) is 0 Å². The van der Waals surface area contributed by atoms with Crippen LogP contribution in [0.25, 0.3) is 0 Å². The van der Waals surface area contributed by atoms with E-state index in [-0.39, 0.29) is 17.2 Å². The lowest BCUT2D eigenvalue weighted by molar-refractivity contribution is -0.385. The predicted octanol–water partition coefficient (Wildman–Crippen LogP) is 3.27. The van der Waals surface area contributed by atoms with E-state index in [1.165, 1.54) is 18.6 Å². The smallest absolute Gasteiger partial charge is 0.273 e. The summed E-state index contributed by atoms with van der Waals surface area (Å²) in [5.74, 6) is 0.786. The van der Waals surface area contributed by atoms with Crippen molar-refractivity contribution in [2.45, 2.75) is 44.6 Å². The van der Waals surface area contributed by atoms with Crippen molar-refractivity contribution in [2.75, 3.05) is 0 Å². The molecule has 0 N–H and O–H groups in total. The second-order valence-electron chi connectivity index (χ2n) is 5.71. The molecule has 1 aromatic carbocycles. The summed E-state index contributed by atoms with van der Waals surface area (Å²) in [4.78, 5) is 22.3. The number of Topliss-reactive ketones (excluding diaryl/α,β-unsaturated/α-hetero) is 1. The maximum atomic E-state index is 12.0. The summed E-state index contributed by atoms with van der Waals surface area (Å²) in [6.07, 6.45) is 5.43. The van der Waals surface area contributed by atoms with Gasteiger partial charge in [0.15, 0.2) is 0 Å². The van der Waals surface area contributed by atoms with Gasteiger partial charge in [-0.15, -0.1) is 0 Å². The van der Waals surface area contributed by atoms with Gasteiger partial charge in [-0.05, 0) is 18.9 Å². The van der Waals surface area contributed by atoms with Gasteiger partial charge in [-0.25, -0.2) is 0 Å². The van der Waals surface area contributed by atoms with Gasteiger partial charge >= 0.3 is 0 Å². The normalized spacial score (nSPS) is 24.2. The van der Waals surface area contributed by atoms with Crippen molar-refractivity contribution in [2.24, 2.45) is 5.41 Å². The van der Waals surface area contributed by atoms with Crippen molar-refractivity contribution in [3.05, 3.63) is 34.4 Å². The number of nitrogens with zero attached hydrogens (tertiary/aromatic N) is 1. The van der Waals surface area contributed by atoms with Crippen LogP contribution < -0.4 is 4.74 Å². The van der Waals surface area contributed by atoms with E-state index < -0.39 is 4.92 Å². The Bertz CT molecular complexity index is 549. The summed E-state index contributed by atoms with van der Waals surface area (Å²) in [5, 5.41) is 10.8. The second-order valence-corrected chi connectivity index (χ2v) is 5.71. The summed E-state index contributed by atoms with van der Waals surface area (Å²) in [6, 6.07) is 6.20. The molecule has 2 aliphatic carbocycles. The minimum absolute atomic E-state index is 0.0193. The molecular formula is C15H17NO4. The van der Waals surface area contributed by atoms with E-state index in [9.17, 15) is 14.9 Å². The Hall–Kier alpha value is -1.91. The summed E-state index contributed by atoms with van der Waals surface area (Å²) in [7, 11) is 0. The van der Waals surface area contributed by atoms with Gasteiger partial charge < -0.3 is 4.74 Å². The number of nitro groups is 1. The Morgan fingerprint density at radius 1 is 1.25 bits per heavy atom. The maximum absolute atomic E-state index is 12.0. The van der Waals surface area contributed by atoms with Crippen LogP contribution in [0.3, 0.4) is 0 Å². The zero-order valence-corrected chi connectivity index (χ0v) is 11.2. The first-order chi connectivity index (χ1) is 9.62. The fraction of sp³-hybridized carbons (Fsp3) is 0.533. The standard InChI is InChI=1S/C15H17NO4/c17-13-10-14(15(13)7-2-1-3-8-15)20-12-6-4-5-11(9-12)16(18)19/h4-6,9,14H,1-3,7-8,10H2. The summed E-state index contributed by atoms with van der Waals surface area (Å²) >= 11 is 0. The van der Waals surface area contributed by atoms with Crippen molar-refractivity contribution in [1.82, 2.24) is 0 Å². The van der Waals surface area contributed by atoms with Crippen LogP contribution in [0.1, 0.15) is 38.5 Å². The molecule has 1 atom stereocenters. The quantitative estimate of drug-likeness (QED) is 0.627. The molecule has 20 heavy (non-hydrogen) atoms. The fourth-order valence-corrected chi connectivity index (χ4v) is 3.39. The van der Waals surface area contributed by atoms with E-state index in [4.69, 9.17) is 4.74 Å². The van der Waals surface area contributed by atoms with Crippen LogP contribution in [0.15, 0.2) is 24.3 Å². The lowest BCUT2D eigenvalue weighted by atomic mass is 9.57. The highest BCUT2D eigenvalue weighted by Crippen LogP contribution is 2.50. The lowest BCUT2D eigenvalue weighted by Gasteiger charge is -2.49. The van der Waals surface area contributed by atoms with Crippen LogP contribution >= 0.6 is 0 Å². The van der Waals surface area contributed by atoms with E-state index in [2.05, 4.69) is 0 Å². The van der Waals surface area contributed by atoms with E-state index >= 15 is 0 Å². The first-order valence-corrected chi connectivity index (χ1v) is 7.06. The highest BCUT2D eigenvalue weighted by atomic mass is 16.6. The number of rotatable bonds is 3. The molecule has 5 nitrogen and oxygen atoms in total. The summed E-state index contributed by atoms with van der Waals surface area (Å²) < 4.78 is 5.88. The van der Waals surface area contributed by atoms with Crippen molar-refractivity contribution < 1.29 is 14.5 Å². The number of ketones is 1. The third-order valence-corrected chi connectivity index (χ3v) is 4.60. The molecule has 0 heterocycles.